The molecule has 1 heterocycles. The highest BCUT2D eigenvalue weighted by molar-refractivity contribution is 5.79. The lowest BCUT2D eigenvalue weighted by Gasteiger charge is -2.31. The number of rotatable bonds is 2. The Morgan fingerprint density at radius 1 is 1.50 bits per heavy atom. The van der Waals surface area contributed by atoms with Gasteiger partial charge in [-0.05, 0) is 40.7 Å². The van der Waals surface area contributed by atoms with Gasteiger partial charge in [0.15, 0.2) is 0 Å². The fourth-order valence-corrected chi connectivity index (χ4v) is 1.90. The molecule has 3 nitrogen and oxygen atoms in total. The smallest absolute Gasteiger partial charge is 0.224 e. The van der Waals surface area contributed by atoms with Crippen LogP contribution in [0.15, 0.2) is 0 Å². The van der Waals surface area contributed by atoms with Crippen LogP contribution in [-0.4, -0.2) is 36.0 Å². The predicted octanol–water partition coefficient (Wildman–Crippen LogP) is 1.24. The van der Waals surface area contributed by atoms with Gasteiger partial charge in [-0.2, -0.15) is 0 Å². The van der Waals surface area contributed by atoms with Crippen LogP contribution in [0.25, 0.3) is 0 Å². The van der Waals surface area contributed by atoms with Crippen LogP contribution >= 0.6 is 0 Å². The normalized spacial score (nSPS) is 23.9. The molecule has 1 aliphatic heterocycles. The minimum absolute atomic E-state index is 0.196. The molecule has 0 aliphatic carbocycles. The molecule has 1 rings (SSSR count). The summed E-state index contributed by atoms with van der Waals surface area (Å²) < 4.78 is 0. The average Bonchev–Trinajstić information content (AvgIpc) is 2.51. The number of nitrogens with one attached hydrogen (secondary N) is 1. The van der Waals surface area contributed by atoms with Crippen molar-refractivity contribution in [3.63, 3.8) is 0 Å². The van der Waals surface area contributed by atoms with Gasteiger partial charge in [0.25, 0.3) is 0 Å². The molecule has 0 bridgehead atoms. The van der Waals surface area contributed by atoms with Crippen LogP contribution in [0.5, 0.6) is 0 Å². The van der Waals surface area contributed by atoms with Crippen molar-refractivity contribution in [1.29, 1.82) is 0 Å². The summed E-state index contributed by atoms with van der Waals surface area (Å²) in [7, 11) is 0. The Bertz CT molecular complexity index is 208. The van der Waals surface area contributed by atoms with E-state index in [1.807, 2.05) is 6.92 Å². The first kappa shape index (κ1) is 11.5. The minimum Gasteiger partial charge on any atom is -0.356 e. The fourth-order valence-electron chi connectivity index (χ4n) is 1.90. The van der Waals surface area contributed by atoms with E-state index >= 15 is 0 Å². The van der Waals surface area contributed by atoms with Gasteiger partial charge >= 0.3 is 0 Å². The summed E-state index contributed by atoms with van der Waals surface area (Å²) in [5, 5.41) is 2.89. The molecule has 1 atom stereocenters. The first-order chi connectivity index (χ1) is 6.45. The predicted molar refractivity (Wildman–Crippen MR) is 58.1 cm³/mol. The third kappa shape index (κ3) is 2.71. The Hall–Kier alpha value is -0.570. The van der Waals surface area contributed by atoms with Gasteiger partial charge in [-0.25, -0.2) is 0 Å². The van der Waals surface area contributed by atoms with Gasteiger partial charge in [-0.15, -0.1) is 0 Å². The number of hydrogen-bond donors (Lipinski definition) is 1. The Labute approximate surface area is 86.9 Å². The number of carbonyl (C=O) groups excluding carboxylic acids is 1. The third-order valence-corrected chi connectivity index (χ3v) is 2.86. The minimum atomic E-state index is 0.196. The average molecular weight is 198 g/mol. The highest BCUT2D eigenvalue weighted by Crippen LogP contribution is 2.24. The van der Waals surface area contributed by atoms with Gasteiger partial charge in [-0.1, -0.05) is 0 Å². The molecule has 1 amide bonds. The number of carbonyl (C=O) groups is 1. The van der Waals surface area contributed by atoms with Crippen molar-refractivity contribution in [2.75, 3.05) is 19.6 Å². The molecule has 1 N–H and O–H groups in total. The topological polar surface area (TPSA) is 32.3 Å². The van der Waals surface area contributed by atoms with E-state index in [0.717, 1.165) is 26.1 Å². The first-order valence-electron chi connectivity index (χ1n) is 5.48. The summed E-state index contributed by atoms with van der Waals surface area (Å²) >= 11 is 0. The number of likely N-dealkylation sites (tertiary alicyclic amines) is 1. The van der Waals surface area contributed by atoms with E-state index in [2.05, 4.69) is 31.0 Å². The van der Waals surface area contributed by atoms with Gasteiger partial charge in [-0.3, -0.25) is 9.69 Å². The molecule has 1 saturated heterocycles. The van der Waals surface area contributed by atoms with Crippen molar-refractivity contribution in [2.45, 2.75) is 39.7 Å². The Kier molecular flexibility index (Phi) is 3.53. The fraction of sp³-hybridized carbons (Fsp3) is 0.909. The van der Waals surface area contributed by atoms with E-state index in [-0.39, 0.29) is 17.4 Å². The molecular weight excluding hydrogens is 176 g/mol. The molecule has 3 heteroatoms. The van der Waals surface area contributed by atoms with Crippen LogP contribution in [-0.2, 0) is 4.79 Å². The largest absolute Gasteiger partial charge is 0.356 e. The Balaban J connectivity index is 2.45. The van der Waals surface area contributed by atoms with Crippen LogP contribution in [0.3, 0.4) is 0 Å². The van der Waals surface area contributed by atoms with E-state index in [0.29, 0.717) is 0 Å². The SMILES string of the molecule is CCNC(=O)[C@@H]1CCN(C(C)(C)C)C1. The van der Waals surface area contributed by atoms with E-state index in [1.54, 1.807) is 0 Å². The monoisotopic (exact) mass is 198 g/mol. The van der Waals surface area contributed by atoms with Crippen LogP contribution in [0.2, 0.25) is 0 Å². The van der Waals surface area contributed by atoms with E-state index in [4.69, 9.17) is 0 Å². The van der Waals surface area contributed by atoms with E-state index in [9.17, 15) is 4.79 Å². The highest BCUT2D eigenvalue weighted by atomic mass is 16.1. The lowest BCUT2D eigenvalue weighted by atomic mass is 10.1. The molecule has 1 aliphatic rings. The van der Waals surface area contributed by atoms with Gasteiger partial charge in [0, 0.05) is 18.6 Å². The van der Waals surface area contributed by atoms with Crippen molar-refractivity contribution >= 4 is 5.91 Å². The zero-order valence-electron chi connectivity index (χ0n) is 9.76. The summed E-state index contributed by atoms with van der Waals surface area (Å²) in [4.78, 5) is 14.0. The summed E-state index contributed by atoms with van der Waals surface area (Å²) in [6.45, 7) is 11.3. The Morgan fingerprint density at radius 2 is 2.14 bits per heavy atom. The highest BCUT2D eigenvalue weighted by Gasteiger charge is 2.33. The molecule has 0 aromatic carbocycles. The first-order valence-corrected chi connectivity index (χ1v) is 5.48. The van der Waals surface area contributed by atoms with Crippen LogP contribution in [0.4, 0.5) is 0 Å². The maximum Gasteiger partial charge on any atom is 0.224 e. The van der Waals surface area contributed by atoms with Crippen molar-refractivity contribution in [2.24, 2.45) is 5.92 Å². The van der Waals surface area contributed by atoms with Crippen LogP contribution in [0, 0.1) is 5.92 Å². The zero-order valence-corrected chi connectivity index (χ0v) is 9.76. The lowest BCUT2D eigenvalue weighted by Crippen LogP contribution is -2.41. The third-order valence-electron chi connectivity index (χ3n) is 2.86. The van der Waals surface area contributed by atoms with Crippen LogP contribution in [0.1, 0.15) is 34.1 Å². The Morgan fingerprint density at radius 3 is 2.57 bits per heavy atom. The zero-order chi connectivity index (χ0) is 10.8. The molecule has 0 aromatic rings. The molecule has 0 spiro atoms. The second-order valence-corrected chi connectivity index (χ2v) is 5.00. The van der Waals surface area contributed by atoms with Crippen molar-refractivity contribution in [1.82, 2.24) is 10.2 Å². The number of amides is 1. The summed E-state index contributed by atoms with van der Waals surface area (Å²) in [6.07, 6.45) is 1.00. The van der Waals surface area contributed by atoms with Crippen LogP contribution < -0.4 is 5.32 Å². The summed E-state index contributed by atoms with van der Waals surface area (Å²) in [5.41, 5.74) is 0.196. The molecular formula is C11H22N2O. The van der Waals surface area contributed by atoms with Crippen molar-refractivity contribution in [3.05, 3.63) is 0 Å². The molecule has 0 aromatic heterocycles. The standard InChI is InChI=1S/C11H22N2O/c1-5-12-10(14)9-6-7-13(8-9)11(2,3)4/h9H,5-8H2,1-4H3,(H,12,14)/t9-/m1/s1. The quantitative estimate of drug-likeness (QED) is 0.724. The van der Waals surface area contributed by atoms with Crippen molar-refractivity contribution in [3.8, 4) is 0 Å². The molecule has 14 heavy (non-hydrogen) atoms. The van der Waals surface area contributed by atoms with E-state index in [1.165, 1.54) is 0 Å². The second-order valence-electron chi connectivity index (χ2n) is 5.00. The maximum absolute atomic E-state index is 11.6. The molecule has 1 fully saturated rings. The summed E-state index contributed by atoms with van der Waals surface area (Å²) in [5.74, 6) is 0.424. The molecule has 0 unspecified atom stereocenters. The van der Waals surface area contributed by atoms with Gasteiger partial charge < -0.3 is 5.32 Å². The summed E-state index contributed by atoms with van der Waals surface area (Å²) in [6, 6.07) is 0. The number of nitrogens with zero attached hydrogens (tertiary/aromatic N) is 1. The lowest BCUT2D eigenvalue weighted by molar-refractivity contribution is -0.124. The van der Waals surface area contributed by atoms with Gasteiger partial charge in [0.05, 0.1) is 5.92 Å². The maximum atomic E-state index is 11.6. The molecule has 0 saturated carbocycles. The van der Waals surface area contributed by atoms with Gasteiger partial charge in [0.2, 0.25) is 5.91 Å². The van der Waals surface area contributed by atoms with Crippen molar-refractivity contribution < 1.29 is 4.79 Å². The number of hydrogen-bond acceptors (Lipinski definition) is 2. The van der Waals surface area contributed by atoms with Gasteiger partial charge in [0.1, 0.15) is 0 Å². The second kappa shape index (κ2) is 4.30. The molecule has 82 valence electrons. The van der Waals surface area contributed by atoms with E-state index < -0.39 is 0 Å². The molecule has 0 radical (unpaired) electrons.